The average Bonchev–Trinajstić information content (AvgIpc) is 2.33. The quantitative estimate of drug-likeness (QED) is 0.463. The van der Waals surface area contributed by atoms with E-state index < -0.39 is 5.31 Å². The van der Waals surface area contributed by atoms with Crippen LogP contribution in [-0.2, 0) is 0 Å². The molecule has 5 aliphatic rings. The first kappa shape index (κ1) is 14.6. The molecule has 0 unspecified atom stereocenters. The van der Waals surface area contributed by atoms with Crippen molar-refractivity contribution in [1.29, 1.82) is 0 Å². The summed E-state index contributed by atoms with van der Waals surface area (Å²) in [4.78, 5) is 0. The third kappa shape index (κ3) is 2.11. The summed E-state index contributed by atoms with van der Waals surface area (Å²) in [5, 5.41) is -2.13. The van der Waals surface area contributed by atoms with E-state index in [1.165, 1.54) is 83.0 Å². The predicted octanol–water partition coefficient (Wildman–Crippen LogP) is 6.78. The summed E-state index contributed by atoms with van der Waals surface area (Å²) in [6, 6.07) is 0. The van der Waals surface area contributed by atoms with Crippen LogP contribution in [0.5, 0.6) is 0 Å². The second-order valence-corrected chi connectivity index (χ2v) is 18.4. The molecule has 0 aromatic carbocycles. The summed E-state index contributed by atoms with van der Waals surface area (Å²) >= 11 is 15.0. The van der Waals surface area contributed by atoms with Crippen molar-refractivity contribution in [3.63, 3.8) is 0 Å². The van der Waals surface area contributed by atoms with Crippen molar-refractivity contribution >= 4 is 27.8 Å². The molecule has 4 aliphatic carbocycles. The first-order chi connectivity index (χ1) is 9.49. The van der Waals surface area contributed by atoms with E-state index in [0.717, 1.165) is 17.8 Å². The van der Waals surface area contributed by atoms with E-state index in [0.29, 0.717) is 5.16 Å². The number of halogens is 2. The molecule has 5 rings (SSSR count). The summed E-state index contributed by atoms with van der Waals surface area (Å²) in [5.74, 6) is 2.93. The van der Waals surface area contributed by atoms with Gasteiger partial charge in [0.2, 0.25) is 0 Å². The molecular weight excluding hydrogens is 306 g/mol. The van der Waals surface area contributed by atoms with Crippen molar-refractivity contribution < 1.29 is 0 Å². The van der Waals surface area contributed by atoms with E-state index in [1.807, 2.05) is 0 Å². The van der Waals surface area contributed by atoms with E-state index in [9.17, 15) is 0 Å². The molecule has 0 spiro atoms. The van der Waals surface area contributed by atoms with Crippen LogP contribution in [0.1, 0.15) is 70.6 Å². The third-order valence-electron chi connectivity index (χ3n) is 7.23. The second kappa shape index (κ2) is 4.75. The molecule has 5 fully saturated rings. The van der Waals surface area contributed by atoms with Gasteiger partial charge in [-0.3, -0.25) is 0 Å². The van der Waals surface area contributed by atoms with Gasteiger partial charge in [0.25, 0.3) is 0 Å². The molecule has 4 bridgehead atoms. The molecule has 1 aliphatic heterocycles. The number of hydrogen-bond acceptors (Lipinski definition) is 0. The zero-order valence-corrected chi connectivity index (χ0v) is 15.0. The van der Waals surface area contributed by atoms with Gasteiger partial charge in [-0.05, 0) is 0 Å². The van der Waals surface area contributed by atoms with Gasteiger partial charge >= 0.3 is 134 Å². The Kier molecular flexibility index (Phi) is 3.47. The van der Waals surface area contributed by atoms with Crippen LogP contribution in [-0.4, -0.2) is 17.5 Å². The van der Waals surface area contributed by atoms with E-state index in [4.69, 9.17) is 22.5 Å². The summed E-state index contributed by atoms with van der Waals surface area (Å²) in [6.07, 6.45) is 17.8. The SMILES string of the molecule is ClP1(Cl)(C23CC4CC(CC(C4)C2)C3)CCCCCCC1. The van der Waals surface area contributed by atoms with Crippen molar-refractivity contribution in [2.24, 2.45) is 17.8 Å². The van der Waals surface area contributed by atoms with Crippen LogP contribution < -0.4 is 0 Å². The van der Waals surface area contributed by atoms with E-state index >= 15 is 0 Å². The molecule has 0 N–H and O–H groups in total. The zero-order valence-electron chi connectivity index (χ0n) is 12.6. The molecule has 20 heavy (non-hydrogen) atoms. The second-order valence-electron chi connectivity index (χ2n) is 8.61. The molecule has 1 saturated heterocycles. The molecule has 0 nitrogen and oxygen atoms in total. The van der Waals surface area contributed by atoms with Crippen molar-refractivity contribution in [2.75, 3.05) is 12.3 Å². The minimum atomic E-state index is -2.52. The summed E-state index contributed by atoms with van der Waals surface area (Å²) < 4.78 is 0. The van der Waals surface area contributed by atoms with Gasteiger partial charge in [0.1, 0.15) is 0 Å². The van der Waals surface area contributed by atoms with Crippen LogP contribution >= 0.6 is 27.8 Å². The summed E-state index contributed by atoms with van der Waals surface area (Å²) in [7, 11) is 0. The van der Waals surface area contributed by atoms with Gasteiger partial charge in [0, 0.05) is 0 Å². The van der Waals surface area contributed by atoms with E-state index in [-0.39, 0.29) is 0 Å². The topological polar surface area (TPSA) is 0 Å². The molecule has 4 saturated carbocycles. The van der Waals surface area contributed by atoms with E-state index in [1.54, 1.807) is 0 Å². The van der Waals surface area contributed by atoms with Crippen molar-refractivity contribution in [3.05, 3.63) is 0 Å². The van der Waals surface area contributed by atoms with Gasteiger partial charge in [0.05, 0.1) is 0 Å². The Hall–Kier alpha value is 1.01. The Morgan fingerprint density at radius 3 is 1.50 bits per heavy atom. The van der Waals surface area contributed by atoms with Gasteiger partial charge in [-0.15, -0.1) is 0 Å². The maximum absolute atomic E-state index is 7.52. The molecule has 116 valence electrons. The Bertz CT molecular complexity index is 357. The first-order valence-electron chi connectivity index (χ1n) is 8.93. The van der Waals surface area contributed by atoms with E-state index in [2.05, 4.69) is 0 Å². The molecule has 0 aromatic rings. The molecular formula is C17H29Cl2P. The van der Waals surface area contributed by atoms with Crippen molar-refractivity contribution in [3.8, 4) is 0 Å². The average molecular weight is 335 g/mol. The molecule has 1 heterocycles. The van der Waals surface area contributed by atoms with Crippen molar-refractivity contribution in [1.82, 2.24) is 0 Å². The van der Waals surface area contributed by atoms with Crippen LogP contribution in [0.25, 0.3) is 0 Å². The van der Waals surface area contributed by atoms with Gasteiger partial charge in [-0.2, -0.15) is 0 Å². The van der Waals surface area contributed by atoms with Gasteiger partial charge in [-0.25, -0.2) is 0 Å². The number of rotatable bonds is 1. The molecule has 3 heteroatoms. The van der Waals surface area contributed by atoms with Crippen LogP contribution in [0.3, 0.4) is 0 Å². The standard InChI is InChI=1S/C17H29Cl2P/c18-20(19,6-4-2-1-3-5-7-20)17-11-14-8-15(12-17)10-16(9-14)13-17/h14-16H,1-13H2. The third-order valence-corrected chi connectivity index (χ3v) is 16.4. The molecule has 0 atom stereocenters. The fourth-order valence-corrected chi connectivity index (χ4v) is 14.1. The van der Waals surface area contributed by atoms with Gasteiger partial charge in [-0.1, -0.05) is 0 Å². The van der Waals surface area contributed by atoms with Crippen molar-refractivity contribution in [2.45, 2.75) is 75.8 Å². The Balaban J connectivity index is 1.69. The first-order valence-corrected chi connectivity index (χ1v) is 13.3. The summed E-state index contributed by atoms with van der Waals surface area (Å²) in [5.41, 5.74) is 0. The van der Waals surface area contributed by atoms with Gasteiger partial charge < -0.3 is 0 Å². The van der Waals surface area contributed by atoms with Crippen LogP contribution in [0.15, 0.2) is 0 Å². The zero-order chi connectivity index (χ0) is 13.9. The monoisotopic (exact) mass is 334 g/mol. The normalized spacial score (nSPS) is 51.7. The molecule has 0 radical (unpaired) electrons. The summed E-state index contributed by atoms with van der Waals surface area (Å²) in [6.45, 7) is 0. The Morgan fingerprint density at radius 1 is 0.650 bits per heavy atom. The van der Waals surface area contributed by atoms with Crippen LogP contribution in [0, 0.1) is 17.8 Å². The fraction of sp³-hybridized carbons (Fsp3) is 1.00. The molecule has 0 amide bonds. The Morgan fingerprint density at radius 2 is 1.05 bits per heavy atom. The molecule has 0 aromatic heterocycles. The Labute approximate surface area is 133 Å². The predicted molar refractivity (Wildman–Crippen MR) is 92.3 cm³/mol. The minimum absolute atomic E-state index is 0.390. The number of hydrogen-bond donors (Lipinski definition) is 0. The van der Waals surface area contributed by atoms with Gasteiger partial charge in [0.15, 0.2) is 0 Å². The fourth-order valence-electron chi connectivity index (χ4n) is 6.62. The maximum atomic E-state index is 7.52. The van der Waals surface area contributed by atoms with Crippen LogP contribution in [0.2, 0.25) is 0 Å². The van der Waals surface area contributed by atoms with Crippen LogP contribution in [0.4, 0.5) is 0 Å².